The van der Waals surface area contributed by atoms with E-state index < -0.39 is 34.3 Å². The maximum absolute atomic E-state index is 13.4. The zero-order chi connectivity index (χ0) is 20.1. The summed E-state index contributed by atoms with van der Waals surface area (Å²) in [6.07, 6.45) is 0. The molecule has 7 nitrogen and oxygen atoms in total. The molecule has 9 heteroatoms. The van der Waals surface area contributed by atoms with Crippen molar-refractivity contribution in [3.05, 3.63) is 68.4 Å². The van der Waals surface area contributed by atoms with E-state index >= 15 is 0 Å². The Hall–Kier alpha value is -2.81. The van der Waals surface area contributed by atoms with Crippen LogP contribution in [0.2, 0.25) is 0 Å². The quantitative estimate of drug-likeness (QED) is 0.528. The van der Waals surface area contributed by atoms with Gasteiger partial charge < -0.3 is 10.6 Å². The highest BCUT2D eigenvalue weighted by Crippen LogP contribution is 2.22. The number of nitrogens with one attached hydrogen (secondary N) is 2. The van der Waals surface area contributed by atoms with Crippen LogP contribution in [0.5, 0.6) is 0 Å². The Kier molecular flexibility index (Phi) is 6.62. The predicted molar refractivity (Wildman–Crippen MR) is 102 cm³/mol. The van der Waals surface area contributed by atoms with Crippen LogP contribution >= 0.6 is 15.9 Å². The number of amides is 2. The number of hydrogen-bond acceptors (Lipinski definition) is 4. The lowest BCUT2D eigenvalue weighted by atomic mass is 10.0. The minimum Gasteiger partial charge on any atom is -0.340 e. The van der Waals surface area contributed by atoms with Crippen LogP contribution < -0.4 is 10.6 Å². The molecule has 0 bridgehead atoms. The maximum atomic E-state index is 13.4. The Morgan fingerprint density at radius 2 is 1.85 bits per heavy atom. The van der Waals surface area contributed by atoms with Crippen molar-refractivity contribution in [2.45, 2.75) is 19.9 Å². The number of nitro groups is 1. The van der Waals surface area contributed by atoms with Crippen molar-refractivity contribution in [1.29, 1.82) is 0 Å². The highest BCUT2D eigenvalue weighted by molar-refractivity contribution is 9.10. The van der Waals surface area contributed by atoms with E-state index in [9.17, 15) is 24.1 Å². The molecule has 0 fully saturated rings. The van der Waals surface area contributed by atoms with E-state index in [1.165, 1.54) is 6.07 Å². The van der Waals surface area contributed by atoms with Crippen LogP contribution in [-0.4, -0.2) is 22.8 Å². The Bertz CT molecular complexity index is 889. The van der Waals surface area contributed by atoms with Gasteiger partial charge in [0, 0.05) is 16.2 Å². The van der Waals surface area contributed by atoms with Gasteiger partial charge in [-0.1, -0.05) is 26.0 Å². The normalized spacial score (nSPS) is 11.7. The van der Waals surface area contributed by atoms with E-state index in [1.807, 2.05) is 0 Å². The highest BCUT2D eigenvalue weighted by Gasteiger charge is 2.26. The van der Waals surface area contributed by atoms with E-state index in [0.29, 0.717) is 10.0 Å². The molecule has 0 heterocycles. The highest BCUT2D eigenvalue weighted by atomic mass is 79.9. The first kappa shape index (κ1) is 20.5. The fraction of sp³-hybridized carbons (Fsp3) is 0.222. The van der Waals surface area contributed by atoms with Crippen LogP contribution in [0, 0.1) is 21.8 Å². The molecule has 1 atom stereocenters. The number of benzene rings is 2. The van der Waals surface area contributed by atoms with Crippen LogP contribution in [0.25, 0.3) is 0 Å². The second kappa shape index (κ2) is 8.72. The van der Waals surface area contributed by atoms with Gasteiger partial charge in [-0.25, -0.2) is 0 Å². The van der Waals surface area contributed by atoms with Crippen molar-refractivity contribution < 1.29 is 18.9 Å². The van der Waals surface area contributed by atoms with E-state index in [2.05, 4.69) is 26.6 Å². The molecule has 0 saturated carbocycles. The number of nitro benzene ring substituents is 1. The smallest absolute Gasteiger partial charge is 0.306 e. The van der Waals surface area contributed by atoms with Gasteiger partial charge in [0.15, 0.2) is 0 Å². The van der Waals surface area contributed by atoms with Gasteiger partial charge in [0.25, 0.3) is 5.91 Å². The molecular formula is C18H17BrFN3O4. The van der Waals surface area contributed by atoms with Crippen LogP contribution in [-0.2, 0) is 4.79 Å². The van der Waals surface area contributed by atoms with Gasteiger partial charge in [-0.05, 0) is 46.1 Å². The van der Waals surface area contributed by atoms with Gasteiger partial charge in [0.1, 0.15) is 6.04 Å². The largest absolute Gasteiger partial charge is 0.340 e. The van der Waals surface area contributed by atoms with Crippen LogP contribution in [0.15, 0.2) is 46.9 Å². The fourth-order valence-electron chi connectivity index (χ4n) is 2.35. The lowest BCUT2D eigenvalue weighted by Gasteiger charge is -2.22. The average molecular weight is 438 g/mol. The molecule has 0 spiro atoms. The molecule has 0 aliphatic rings. The Morgan fingerprint density at radius 1 is 1.19 bits per heavy atom. The number of carbonyl (C=O) groups is 2. The number of hydrogen-bond donors (Lipinski definition) is 2. The molecule has 27 heavy (non-hydrogen) atoms. The third kappa shape index (κ3) is 5.10. The van der Waals surface area contributed by atoms with Gasteiger partial charge >= 0.3 is 5.69 Å². The molecule has 0 aliphatic heterocycles. The topological polar surface area (TPSA) is 101 Å². The van der Waals surface area contributed by atoms with Crippen LogP contribution in [0.1, 0.15) is 24.2 Å². The molecule has 2 aromatic carbocycles. The zero-order valence-corrected chi connectivity index (χ0v) is 16.1. The first-order chi connectivity index (χ1) is 12.7. The molecule has 0 radical (unpaired) electrons. The monoisotopic (exact) mass is 437 g/mol. The van der Waals surface area contributed by atoms with E-state index in [4.69, 9.17) is 0 Å². The van der Waals surface area contributed by atoms with Crippen molar-refractivity contribution in [3.63, 3.8) is 0 Å². The first-order valence-corrected chi connectivity index (χ1v) is 8.80. The second-order valence-corrected chi connectivity index (χ2v) is 6.94. The Morgan fingerprint density at radius 3 is 2.44 bits per heavy atom. The minimum absolute atomic E-state index is 0.0638. The summed E-state index contributed by atoms with van der Waals surface area (Å²) in [6.45, 7) is 3.50. The molecule has 2 rings (SSSR count). The van der Waals surface area contributed by atoms with Crippen molar-refractivity contribution in [2.24, 2.45) is 5.92 Å². The third-order valence-corrected chi connectivity index (χ3v) is 4.46. The number of anilines is 1. The summed E-state index contributed by atoms with van der Waals surface area (Å²) < 4.78 is 14.0. The molecule has 0 unspecified atom stereocenters. The number of halogens is 2. The van der Waals surface area contributed by atoms with Gasteiger partial charge in [-0.3, -0.25) is 19.7 Å². The van der Waals surface area contributed by atoms with Crippen molar-refractivity contribution in [1.82, 2.24) is 5.32 Å². The summed E-state index contributed by atoms with van der Waals surface area (Å²) in [5.41, 5.74) is -0.312. The van der Waals surface area contributed by atoms with Crippen LogP contribution in [0.4, 0.5) is 15.8 Å². The summed E-state index contributed by atoms with van der Waals surface area (Å²) in [6, 6.07) is 8.92. The van der Waals surface area contributed by atoms with E-state index in [1.54, 1.807) is 38.1 Å². The lowest BCUT2D eigenvalue weighted by molar-refractivity contribution is -0.387. The molecule has 2 amide bonds. The molecule has 142 valence electrons. The number of nitrogens with zero attached hydrogens (tertiary/aromatic N) is 1. The van der Waals surface area contributed by atoms with Crippen molar-refractivity contribution in [2.75, 3.05) is 5.32 Å². The first-order valence-electron chi connectivity index (χ1n) is 8.01. The van der Waals surface area contributed by atoms with Crippen molar-refractivity contribution in [3.8, 4) is 0 Å². The third-order valence-electron chi connectivity index (χ3n) is 3.76. The number of rotatable bonds is 6. The lowest BCUT2D eigenvalue weighted by Crippen LogP contribution is -2.47. The van der Waals surface area contributed by atoms with Crippen molar-refractivity contribution >= 4 is 39.1 Å². The SMILES string of the molecule is CC(C)[C@@H](NC(=O)c1ccccc1Br)C(=O)Nc1ccc(F)c([N+](=O)[O-])c1. The van der Waals surface area contributed by atoms with Gasteiger partial charge in [0.05, 0.1) is 10.5 Å². The molecule has 0 aromatic heterocycles. The second-order valence-electron chi connectivity index (χ2n) is 6.09. The molecule has 0 aliphatic carbocycles. The standard InChI is InChI=1S/C18H17BrFN3O4/c1-10(2)16(22-17(24)12-5-3-4-6-13(12)19)18(25)21-11-7-8-14(20)15(9-11)23(26)27/h3-10,16H,1-2H3,(H,21,25)(H,22,24)/t16-/m1/s1. The van der Waals surface area contributed by atoms with E-state index in [0.717, 1.165) is 12.1 Å². The summed E-state index contributed by atoms with van der Waals surface area (Å²) in [5.74, 6) is -2.26. The van der Waals surface area contributed by atoms with E-state index in [-0.39, 0.29) is 11.6 Å². The Labute approximate surface area is 163 Å². The maximum Gasteiger partial charge on any atom is 0.306 e. The summed E-state index contributed by atoms with van der Waals surface area (Å²) >= 11 is 3.28. The Balaban J connectivity index is 2.18. The molecule has 0 saturated heterocycles. The van der Waals surface area contributed by atoms with Gasteiger partial charge in [0.2, 0.25) is 11.7 Å². The molecule has 2 aromatic rings. The van der Waals surface area contributed by atoms with Gasteiger partial charge in [-0.15, -0.1) is 0 Å². The number of carbonyl (C=O) groups excluding carboxylic acids is 2. The summed E-state index contributed by atoms with van der Waals surface area (Å²) in [5, 5.41) is 16.0. The van der Waals surface area contributed by atoms with Crippen LogP contribution in [0.3, 0.4) is 0 Å². The summed E-state index contributed by atoms with van der Waals surface area (Å²) in [4.78, 5) is 35.0. The zero-order valence-electron chi connectivity index (χ0n) is 14.5. The van der Waals surface area contributed by atoms with Gasteiger partial charge in [-0.2, -0.15) is 4.39 Å². The average Bonchev–Trinajstić information content (AvgIpc) is 2.60. The predicted octanol–water partition coefficient (Wildman–Crippen LogP) is 3.89. The summed E-state index contributed by atoms with van der Waals surface area (Å²) in [7, 11) is 0. The molecule has 2 N–H and O–H groups in total. The molecular weight excluding hydrogens is 421 g/mol. The fourth-order valence-corrected chi connectivity index (χ4v) is 2.81. The minimum atomic E-state index is -0.999.